The van der Waals surface area contributed by atoms with E-state index in [9.17, 15) is 24.6 Å². The van der Waals surface area contributed by atoms with E-state index in [2.05, 4.69) is 13.2 Å². The Hall–Kier alpha value is -2.01. The van der Waals surface area contributed by atoms with Crippen LogP contribution in [0.2, 0.25) is 0 Å². The van der Waals surface area contributed by atoms with Crippen molar-refractivity contribution in [2.45, 2.75) is 20.8 Å². The standard InChI is InChI=1S/C6H8O2.2C4H6O2.Zn/c1-2-3-4-5-6(7)8;2*1-3(2)4(5)6;/h2-5H,1H3,(H,7,8);2*1H2,2H3,(H,5,6);/q;;;+2/p-2/b3-2+,5-4+;;;. The van der Waals surface area contributed by atoms with Gasteiger partial charge in [0.2, 0.25) is 0 Å². The van der Waals surface area contributed by atoms with Crippen LogP contribution in [-0.2, 0) is 33.9 Å². The summed E-state index contributed by atoms with van der Waals surface area (Å²) in [5.74, 6) is -3.28. The fourth-order valence-electron chi connectivity index (χ4n) is 0.249. The average molecular weight is 348 g/mol. The van der Waals surface area contributed by atoms with Crippen molar-refractivity contribution in [3.63, 3.8) is 0 Å². The molecule has 0 aromatic heterocycles. The predicted octanol–water partition coefficient (Wildman–Crippen LogP) is -0.174. The van der Waals surface area contributed by atoms with Gasteiger partial charge < -0.3 is 24.9 Å². The number of hydrogen-bond acceptors (Lipinski definition) is 5. The molecule has 1 N–H and O–H groups in total. The molecule has 0 saturated heterocycles. The van der Waals surface area contributed by atoms with Crippen molar-refractivity contribution in [2.24, 2.45) is 0 Å². The van der Waals surface area contributed by atoms with Crippen molar-refractivity contribution < 1.29 is 49.2 Å². The average Bonchev–Trinajstić information content (AvgIpc) is 2.30. The summed E-state index contributed by atoms with van der Waals surface area (Å²) in [6.07, 6.45) is 5.98. The molecule has 0 fully saturated rings. The summed E-state index contributed by atoms with van der Waals surface area (Å²) in [4.78, 5) is 28.7. The summed E-state index contributed by atoms with van der Waals surface area (Å²) < 4.78 is 0. The van der Waals surface area contributed by atoms with E-state index in [0.717, 1.165) is 6.08 Å². The van der Waals surface area contributed by atoms with Gasteiger partial charge in [-0.05, 0) is 31.9 Å². The molecule has 0 amide bonds. The second kappa shape index (κ2) is 18.0. The van der Waals surface area contributed by atoms with Gasteiger partial charge in [0.05, 0.1) is 11.9 Å². The summed E-state index contributed by atoms with van der Waals surface area (Å²) in [5.41, 5.74) is 0.130. The van der Waals surface area contributed by atoms with E-state index in [-0.39, 0.29) is 30.6 Å². The quantitative estimate of drug-likeness (QED) is 0.428. The van der Waals surface area contributed by atoms with Crippen LogP contribution < -0.4 is 10.2 Å². The van der Waals surface area contributed by atoms with E-state index >= 15 is 0 Å². The number of carbonyl (C=O) groups excluding carboxylic acids is 2. The molecule has 0 atom stereocenters. The minimum Gasteiger partial charge on any atom is -0.545 e. The van der Waals surface area contributed by atoms with E-state index in [1.807, 2.05) is 6.92 Å². The van der Waals surface area contributed by atoms with Crippen molar-refractivity contribution >= 4 is 17.9 Å². The van der Waals surface area contributed by atoms with Gasteiger partial charge >= 0.3 is 25.4 Å². The number of carboxylic acid groups (broad SMARTS) is 3. The largest absolute Gasteiger partial charge is 2.00 e. The first kappa shape index (κ1) is 27.4. The Kier molecular flexibility index (Phi) is 23.4. The molecule has 0 saturated carbocycles. The van der Waals surface area contributed by atoms with E-state index < -0.39 is 17.9 Å². The van der Waals surface area contributed by atoms with Gasteiger partial charge in [0.25, 0.3) is 0 Å². The van der Waals surface area contributed by atoms with Crippen LogP contribution in [0.4, 0.5) is 0 Å². The molecule has 0 aliphatic rings. The number of carbonyl (C=O) groups is 3. The van der Waals surface area contributed by atoms with E-state index in [0.29, 0.717) is 0 Å². The van der Waals surface area contributed by atoms with Gasteiger partial charge in [-0.2, -0.15) is 0 Å². The van der Waals surface area contributed by atoms with Crippen molar-refractivity contribution in [1.29, 1.82) is 0 Å². The molecule has 0 aromatic carbocycles. The second-order valence-corrected chi connectivity index (χ2v) is 3.36. The molecule has 0 aliphatic carbocycles. The number of carboxylic acids is 3. The van der Waals surface area contributed by atoms with Crippen LogP contribution in [0, 0.1) is 0 Å². The van der Waals surface area contributed by atoms with Crippen LogP contribution in [0.5, 0.6) is 0 Å². The first-order valence-corrected chi connectivity index (χ1v) is 5.32. The first-order chi connectivity index (χ1) is 9.06. The van der Waals surface area contributed by atoms with E-state index in [1.165, 1.54) is 19.9 Å². The summed E-state index contributed by atoms with van der Waals surface area (Å²) in [5, 5.41) is 27.0. The zero-order chi connectivity index (χ0) is 16.7. The molecule has 0 rings (SSSR count). The van der Waals surface area contributed by atoms with Crippen LogP contribution in [-0.4, -0.2) is 23.0 Å². The maximum atomic E-state index is 9.75. The molecule has 0 aromatic rings. The van der Waals surface area contributed by atoms with Gasteiger partial charge in [-0.1, -0.05) is 31.4 Å². The monoisotopic (exact) mass is 346 g/mol. The van der Waals surface area contributed by atoms with Crippen LogP contribution in [0.25, 0.3) is 0 Å². The van der Waals surface area contributed by atoms with Crippen LogP contribution >= 0.6 is 0 Å². The van der Waals surface area contributed by atoms with Gasteiger partial charge in [0, 0.05) is 6.08 Å². The van der Waals surface area contributed by atoms with Crippen LogP contribution in [0.15, 0.2) is 48.6 Å². The zero-order valence-corrected chi connectivity index (χ0v) is 15.4. The SMILES string of the molecule is C/C=C/C=C/C(=O)O.C=C(C)C(=O)[O-].C=C(C)C(=O)[O-].[Zn+2]. The van der Waals surface area contributed by atoms with Gasteiger partial charge in [-0.15, -0.1) is 0 Å². The molecular formula is C14H18O6Zn. The fraction of sp³-hybridized carbons (Fsp3) is 0.214. The van der Waals surface area contributed by atoms with Gasteiger partial charge in [-0.25, -0.2) is 4.79 Å². The summed E-state index contributed by atoms with van der Waals surface area (Å²) >= 11 is 0. The van der Waals surface area contributed by atoms with Crippen molar-refractivity contribution in [3.8, 4) is 0 Å². The van der Waals surface area contributed by atoms with Gasteiger partial charge in [0.15, 0.2) is 0 Å². The number of hydrogen-bond donors (Lipinski definition) is 1. The maximum absolute atomic E-state index is 9.75. The summed E-state index contributed by atoms with van der Waals surface area (Å²) in [7, 11) is 0. The van der Waals surface area contributed by atoms with E-state index in [1.54, 1.807) is 12.2 Å². The fourth-order valence-corrected chi connectivity index (χ4v) is 0.249. The normalized spacial score (nSPS) is 8.52. The molecule has 112 valence electrons. The van der Waals surface area contributed by atoms with Crippen molar-refractivity contribution in [3.05, 3.63) is 48.6 Å². The summed E-state index contributed by atoms with van der Waals surface area (Å²) in [6.45, 7) is 10.8. The molecule has 0 bridgehead atoms. The minimum atomic E-state index is -1.19. The van der Waals surface area contributed by atoms with Gasteiger partial charge in [0.1, 0.15) is 0 Å². The predicted molar refractivity (Wildman–Crippen MR) is 71.2 cm³/mol. The Balaban J connectivity index is -0.000000102. The molecule has 0 spiro atoms. The number of rotatable bonds is 4. The minimum absolute atomic E-state index is 0. The third-order valence-electron chi connectivity index (χ3n) is 1.24. The van der Waals surface area contributed by atoms with Gasteiger partial charge in [-0.3, -0.25) is 0 Å². The second-order valence-electron chi connectivity index (χ2n) is 3.36. The topological polar surface area (TPSA) is 118 Å². The Morgan fingerprint density at radius 2 is 1.24 bits per heavy atom. The van der Waals surface area contributed by atoms with Crippen molar-refractivity contribution in [2.75, 3.05) is 0 Å². The van der Waals surface area contributed by atoms with Crippen LogP contribution in [0.3, 0.4) is 0 Å². The molecule has 0 unspecified atom stereocenters. The maximum Gasteiger partial charge on any atom is 2.00 e. The smallest absolute Gasteiger partial charge is 0.545 e. The molecule has 0 aliphatic heterocycles. The zero-order valence-electron chi connectivity index (χ0n) is 12.4. The molecule has 0 radical (unpaired) electrons. The molecule has 0 heterocycles. The Morgan fingerprint density at radius 1 is 0.952 bits per heavy atom. The number of allylic oxidation sites excluding steroid dienone is 3. The molecule has 21 heavy (non-hydrogen) atoms. The van der Waals surface area contributed by atoms with Crippen molar-refractivity contribution in [1.82, 2.24) is 0 Å². The third-order valence-corrected chi connectivity index (χ3v) is 1.24. The molecular weight excluding hydrogens is 330 g/mol. The Morgan fingerprint density at radius 3 is 1.38 bits per heavy atom. The molecule has 6 nitrogen and oxygen atoms in total. The van der Waals surface area contributed by atoms with E-state index in [4.69, 9.17) is 5.11 Å². The Bertz CT molecular complexity index is 373. The number of aliphatic carboxylic acids is 3. The van der Waals surface area contributed by atoms with Crippen LogP contribution in [0.1, 0.15) is 20.8 Å². The summed E-state index contributed by atoms with van der Waals surface area (Å²) in [6, 6.07) is 0. The third kappa shape index (κ3) is 38.1. The molecule has 7 heteroatoms. The Labute approximate surface area is 136 Å². The first-order valence-electron chi connectivity index (χ1n) is 5.32.